The minimum Gasteiger partial charge on any atom is -0.482 e. The molecule has 1 fully saturated rings. The molecular formula is C22H20N4O3S. The van der Waals surface area contributed by atoms with Crippen molar-refractivity contribution in [3.05, 3.63) is 59.9 Å². The van der Waals surface area contributed by atoms with Crippen LogP contribution in [0.1, 0.15) is 41.9 Å². The minimum atomic E-state index is -0.373. The van der Waals surface area contributed by atoms with Crippen molar-refractivity contribution in [2.45, 2.75) is 36.1 Å². The molecule has 2 aromatic carbocycles. The van der Waals surface area contributed by atoms with Crippen LogP contribution in [-0.2, 0) is 4.79 Å². The number of fused-ring (bicyclic) bond motifs is 1. The summed E-state index contributed by atoms with van der Waals surface area (Å²) in [6, 6.07) is 15.0. The predicted octanol–water partition coefficient (Wildman–Crippen LogP) is 3.84. The van der Waals surface area contributed by atoms with E-state index in [4.69, 9.17) is 9.72 Å². The molecule has 1 aromatic heterocycles. The monoisotopic (exact) mass is 420 g/mol. The Morgan fingerprint density at radius 3 is 2.80 bits per heavy atom. The number of Topliss-reactive ketones (excluding diaryl/α,β-unsaturated/α-hetero) is 1. The van der Waals surface area contributed by atoms with Crippen LogP contribution in [0.25, 0.3) is 5.69 Å². The lowest BCUT2D eigenvalue weighted by Gasteiger charge is -2.18. The van der Waals surface area contributed by atoms with Crippen LogP contribution in [0.2, 0.25) is 0 Å². The normalized spacial score (nSPS) is 16.4. The number of nitrogens with one attached hydrogen (secondary N) is 1. The molecule has 2 aliphatic rings. The SMILES string of the molecule is C[C@@H](Sc1nc(C2CC2)n(-c2ccccc2)n1)C(=O)c1ccc2c(c1)NC(=O)CO2. The van der Waals surface area contributed by atoms with Gasteiger partial charge in [-0.25, -0.2) is 9.67 Å². The fraction of sp³-hybridized carbons (Fsp3) is 0.273. The van der Waals surface area contributed by atoms with E-state index in [1.165, 1.54) is 11.8 Å². The Labute approximate surface area is 177 Å². The van der Waals surface area contributed by atoms with Crippen molar-refractivity contribution in [1.82, 2.24) is 14.8 Å². The molecular weight excluding hydrogens is 400 g/mol. The van der Waals surface area contributed by atoms with E-state index >= 15 is 0 Å². The van der Waals surface area contributed by atoms with E-state index in [0.717, 1.165) is 24.4 Å². The zero-order valence-corrected chi connectivity index (χ0v) is 17.2. The van der Waals surface area contributed by atoms with E-state index < -0.39 is 0 Å². The van der Waals surface area contributed by atoms with Gasteiger partial charge >= 0.3 is 0 Å². The second kappa shape index (κ2) is 7.60. The van der Waals surface area contributed by atoms with Crippen molar-refractivity contribution in [2.24, 2.45) is 0 Å². The van der Waals surface area contributed by atoms with Gasteiger partial charge in [0.15, 0.2) is 12.4 Å². The molecule has 0 radical (unpaired) electrons. The maximum absolute atomic E-state index is 13.0. The van der Waals surface area contributed by atoms with Crippen molar-refractivity contribution < 1.29 is 14.3 Å². The number of hydrogen-bond donors (Lipinski definition) is 1. The molecule has 1 amide bonds. The average molecular weight is 420 g/mol. The molecule has 0 unspecified atom stereocenters. The van der Waals surface area contributed by atoms with Crippen LogP contribution in [0.4, 0.5) is 5.69 Å². The van der Waals surface area contributed by atoms with Crippen molar-refractivity contribution >= 4 is 29.1 Å². The number of aromatic nitrogens is 3. The fourth-order valence-corrected chi connectivity index (χ4v) is 4.24. The van der Waals surface area contributed by atoms with E-state index in [-0.39, 0.29) is 23.5 Å². The van der Waals surface area contributed by atoms with Crippen molar-refractivity contribution in [3.63, 3.8) is 0 Å². The van der Waals surface area contributed by atoms with Gasteiger partial charge in [-0.15, -0.1) is 5.10 Å². The first-order chi connectivity index (χ1) is 14.6. The van der Waals surface area contributed by atoms with Gasteiger partial charge in [0, 0.05) is 11.5 Å². The second-order valence-electron chi connectivity index (χ2n) is 7.45. The zero-order valence-electron chi connectivity index (χ0n) is 16.4. The topological polar surface area (TPSA) is 86.1 Å². The molecule has 1 aliphatic carbocycles. The molecule has 5 rings (SSSR count). The third kappa shape index (κ3) is 3.70. The third-order valence-corrected chi connectivity index (χ3v) is 6.06. The number of amides is 1. The lowest BCUT2D eigenvalue weighted by Crippen LogP contribution is -2.25. The summed E-state index contributed by atoms with van der Waals surface area (Å²) in [5, 5.41) is 7.64. The Kier molecular flexibility index (Phi) is 4.78. The lowest BCUT2D eigenvalue weighted by molar-refractivity contribution is -0.118. The molecule has 7 nitrogen and oxygen atoms in total. The van der Waals surface area contributed by atoms with Gasteiger partial charge in [0.2, 0.25) is 5.16 Å². The Hall–Kier alpha value is -3.13. The molecule has 0 bridgehead atoms. The summed E-state index contributed by atoms with van der Waals surface area (Å²) in [6.07, 6.45) is 2.24. The first-order valence-electron chi connectivity index (χ1n) is 9.88. The number of ketones is 1. The van der Waals surface area contributed by atoms with Gasteiger partial charge in [0.05, 0.1) is 16.6 Å². The summed E-state index contributed by atoms with van der Waals surface area (Å²) in [7, 11) is 0. The standard InChI is InChI=1S/C22H20N4O3S/c1-13(20(28)15-9-10-18-17(11-15)23-19(27)12-29-18)30-22-24-21(14-7-8-14)26(25-22)16-5-3-2-4-6-16/h2-6,9-11,13-14H,7-8,12H2,1H3,(H,23,27)/t13-/m1/s1. The highest BCUT2D eigenvalue weighted by molar-refractivity contribution is 8.00. The van der Waals surface area contributed by atoms with Gasteiger partial charge in [-0.1, -0.05) is 30.0 Å². The Morgan fingerprint density at radius 1 is 1.23 bits per heavy atom. The van der Waals surface area contributed by atoms with Crippen LogP contribution >= 0.6 is 11.8 Å². The molecule has 1 aliphatic heterocycles. The van der Waals surface area contributed by atoms with E-state index in [1.807, 2.05) is 41.9 Å². The molecule has 1 atom stereocenters. The van der Waals surface area contributed by atoms with Crippen LogP contribution in [0.3, 0.4) is 0 Å². The van der Waals surface area contributed by atoms with Crippen molar-refractivity contribution in [3.8, 4) is 11.4 Å². The molecule has 2 heterocycles. The zero-order chi connectivity index (χ0) is 20.7. The number of ether oxygens (including phenoxy) is 1. The number of anilines is 1. The van der Waals surface area contributed by atoms with Gasteiger partial charge in [-0.2, -0.15) is 0 Å². The van der Waals surface area contributed by atoms with Gasteiger partial charge in [0.1, 0.15) is 11.6 Å². The van der Waals surface area contributed by atoms with Gasteiger partial charge in [-0.05, 0) is 50.1 Å². The third-order valence-electron chi connectivity index (χ3n) is 5.10. The van der Waals surface area contributed by atoms with E-state index in [9.17, 15) is 9.59 Å². The number of para-hydroxylation sites is 1. The smallest absolute Gasteiger partial charge is 0.262 e. The largest absolute Gasteiger partial charge is 0.482 e. The number of thioether (sulfide) groups is 1. The maximum Gasteiger partial charge on any atom is 0.262 e. The molecule has 8 heteroatoms. The number of nitrogens with zero attached hydrogens (tertiary/aromatic N) is 3. The van der Waals surface area contributed by atoms with Crippen LogP contribution in [-0.4, -0.2) is 38.3 Å². The van der Waals surface area contributed by atoms with Crippen LogP contribution in [0.5, 0.6) is 5.75 Å². The van der Waals surface area contributed by atoms with Crippen molar-refractivity contribution in [1.29, 1.82) is 0 Å². The summed E-state index contributed by atoms with van der Waals surface area (Å²) in [6.45, 7) is 1.84. The highest BCUT2D eigenvalue weighted by atomic mass is 32.2. The van der Waals surface area contributed by atoms with Gasteiger partial charge < -0.3 is 10.1 Å². The Balaban J connectivity index is 1.37. The van der Waals surface area contributed by atoms with Crippen molar-refractivity contribution in [2.75, 3.05) is 11.9 Å². The molecule has 1 N–H and O–H groups in total. The second-order valence-corrected chi connectivity index (χ2v) is 8.75. The summed E-state index contributed by atoms with van der Waals surface area (Å²) >= 11 is 1.35. The molecule has 1 saturated carbocycles. The van der Waals surface area contributed by atoms with Crippen LogP contribution in [0.15, 0.2) is 53.7 Å². The van der Waals surface area contributed by atoms with Gasteiger partial charge in [0.25, 0.3) is 5.91 Å². The summed E-state index contributed by atoms with van der Waals surface area (Å²) in [5.74, 6) is 1.69. The predicted molar refractivity (Wildman–Crippen MR) is 114 cm³/mol. The quantitative estimate of drug-likeness (QED) is 0.482. The summed E-state index contributed by atoms with van der Waals surface area (Å²) in [5.41, 5.74) is 2.02. The first-order valence-corrected chi connectivity index (χ1v) is 10.8. The first kappa shape index (κ1) is 18.9. The minimum absolute atomic E-state index is 0.00832. The molecule has 0 saturated heterocycles. The summed E-state index contributed by atoms with van der Waals surface area (Å²) < 4.78 is 7.25. The van der Waals surface area contributed by atoms with E-state index in [0.29, 0.717) is 28.1 Å². The number of benzene rings is 2. The fourth-order valence-electron chi connectivity index (χ4n) is 3.40. The van der Waals surface area contributed by atoms with E-state index in [1.54, 1.807) is 18.2 Å². The number of carbonyl (C=O) groups is 2. The number of rotatable bonds is 6. The lowest BCUT2D eigenvalue weighted by atomic mass is 10.1. The molecule has 152 valence electrons. The average Bonchev–Trinajstić information content (AvgIpc) is 3.53. The highest BCUT2D eigenvalue weighted by Gasteiger charge is 2.31. The number of carbonyl (C=O) groups excluding carboxylic acids is 2. The highest BCUT2D eigenvalue weighted by Crippen LogP contribution is 2.41. The molecule has 0 spiro atoms. The van der Waals surface area contributed by atoms with Crippen LogP contribution < -0.4 is 10.1 Å². The van der Waals surface area contributed by atoms with Crippen LogP contribution in [0, 0.1) is 0 Å². The molecule has 30 heavy (non-hydrogen) atoms. The number of hydrogen-bond acceptors (Lipinski definition) is 6. The summed E-state index contributed by atoms with van der Waals surface area (Å²) in [4.78, 5) is 29.3. The maximum atomic E-state index is 13.0. The Morgan fingerprint density at radius 2 is 2.03 bits per heavy atom. The molecule has 3 aromatic rings. The Bertz CT molecular complexity index is 1120. The van der Waals surface area contributed by atoms with E-state index in [2.05, 4.69) is 10.4 Å². The van der Waals surface area contributed by atoms with Gasteiger partial charge in [-0.3, -0.25) is 9.59 Å².